The second-order valence-electron chi connectivity index (χ2n) is 5.46. The zero-order valence-corrected chi connectivity index (χ0v) is 12.4. The Kier molecular flexibility index (Phi) is 5.78. The van der Waals surface area contributed by atoms with Crippen molar-refractivity contribution in [1.29, 1.82) is 0 Å². The fourth-order valence-corrected chi connectivity index (χ4v) is 2.38. The zero-order valence-electron chi connectivity index (χ0n) is 12.4. The van der Waals surface area contributed by atoms with Crippen LogP contribution in [0, 0.1) is 5.92 Å². The number of benzene rings is 2. The molecule has 3 N–H and O–H groups in total. The first-order valence-corrected chi connectivity index (χ1v) is 7.39. The summed E-state index contributed by atoms with van der Waals surface area (Å²) >= 11 is 0. The molecular formula is C18H23NO2. The second-order valence-corrected chi connectivity index (χ2v) is 5.46. The molecule has 0 bridgehead atoms. The molecule has 2 aromatic carbocycles. The Morgan fingerprint density at radius 1 is 0.952 bits per heavy atom. The SMILES string of the molecule is CC(CCO)CNC(c1ccccc1)c1ccc(O)cc1. The Labute approximate surface area is 126 Å². The van der Waals surface area contributed by atoms with E-state index in [1.165, 1.54) is 5.56 Å². The molecule has 3 nitrogen and oxygen atoms in total. The largest absolute Gasteiger partial charge is 0.508 e. The van der Waals surface area contributed by atoms with Crippen LogP contribution in [0.3, 0.4) is 0 Å². The molecule has 0 heterocycles. The first-order valence-electron chi connectivity index (χ1n) is 7.39. The molecule has 0 aliphatic heterocycles. The molecule has 112 valence electrons. The lowest BCUT2D eigenvalue weighted by molar-refractivity contribution is 0.259. The number of hydrogen-bond acceptors (Lipinski definition) is 3. The van der Waals surface area contributed by atoms with Gasteiger partial charge in [-0.15, -0.1) is 0 Å². The van der Waals surface area contributed by atoms with E-state index in [1.54, 1.807) is 12.1 Å². The van der Waals surface area contributed by atoms with E-state index in [2.05, 4.69) is 24.4 Å². The summed E-state index contributed by atoms with van der Waals surface area (Å²) in [5, 5.41) is 22.0. The van der Waals surface area contributed by atoms with Crippen molar-refractivity contribution in [2.75, 3.05) is 13.2 Å². The van der Waals surface area contributed by atoms with Crippen molar-refractivity contribution in [2.24, 2.45) is 5.92 Å². The van der Waals surface area contributed by atoms with Crippen molar-refractivity contribution in [3.63, 3.8) is 0 Å². The highest BCUT2D eigenvalue weighted by molar-refractivity contribution is 5.34. The number of phenolic OH excluding ortho intramolecular Hbond substituents is 1. The smallest absolute Gasteiger partial charge is 0.115 e. The molecule has 2 rings (SSSR count). The minimum absolute atomic E-state index is 0.0907. The van der Waals surface area contributed by atoms with Crippen LogP contribution in [0.4, 0.5) is 0 Å². The molecule has 21 heavy (non-hydrogen) atoms. The molecule has 0 spiro atoms. The third-order valence-electron chi connectivity index (χ3n) is 3.65. The first-order chi connectivity index (χ1) is 10.2. The van der Waals surface area contributed by atoms with Crippen molar-refractivity contribution < 1.29 is 10.2 Å². The molecule has 0 aromatic heterocycles. The lowest BCUT2D eigenvalue weighted by Gasteiger charge is -2.22. The fraction of sp³-hybridized carbons (Fsp3) is 0.333. The molecule has 0 aliphatic carbocycles. The normalized spacial score (nSPS) is 13.8. The highest BCUT2D eigenvalue weighted by Gasteiger charge is 2.14. The minimum Gasteiger partial charge on any atom is -0.508 e. The molecule has 2 atom stereocenters. The van der Waals surface area contributed by atoms with Gasteiger partial charge >= 0.3 is 0 Å². The standard InChI is InChI=1S/C18H23NO2/c1-14(11-12-20)13-19-18(15-5-3-2-4-6-15)16-7-9-17(21)10-8-16/h2-10,14,18-21H,11-13H2,1H3. The maximum absolute atomic E-state index is 9.45. The Balaban J connectivity index is 2.16. The van der Waals surface area contributed by atoms with E-state index in [1.807, 2.05) is 30.3 Å². The molecule has 0 fully saturated rings. The van der Waals surface area contributed by atoms with Crippen molar-refractivity contribution in [3.8, 4) is 5.75 Å². The van der Waals surface area contributed by atoms with Crippen LogP contribution in [0.1, 0.15) is 30.5 Å². The lowest BCUT2D eigenvalue weighted by Crippen LogP contribution is -2.27. The van der Waals surface area contributed by atoms with Crippen LogP contribution >= 0.6 is 0 Å². The molecule has 0 saturated heterocycles. The summed E-state index contributed by atoms with van der Waals surface area (Å²) in [7, 11) is 0. The van der Waals surface area contributed by atoms with Gasteiger partial charge in [0.15, 0.2) is 0 Å². The van der Waals surface area contributed by atoms with Gasteiger partial charge in [0.1, 0.15) is 5.75 Å². The van der Waals surface area contributed by atoms with Gasteiger partial charge in [0.05, 0.1) is 6.04 Å². The predicted molar refractivity (Wildman–Crippen MR) is 85.3 cm³/mol. The number of hydrogen-bond donors (Lipinski definition) is 3. The van der Waals surface area contributed by atoms with Crippen LogP contribution in [0.5, 0.6) is 5.75 Å². The van der Waals surface area contributed by atoms with E-state index in [4.69, 9.17) is 5.11 Å². The summed E-state index contributed by atoms with van der Waals surface area (Å²) in [5.74, 6) is 0.692. The topological polar surface area (TPSA) is 52.5 Å². The maximum Gasteiger partial charge on any atom is 0.115 e. The van der Waals surface area contributed by atoms with Gasteiger partial charge in [0.2, 0.25) is 0 Å². The number of aliphatic hydroxyl groups excluding tert-OH is 1. The number of phenols is 1. The van der Waals surface area contributed by atoms with Crippen LogP contribution in [0.2, 0.25) is 0 Å². The third kappa shape index (κ3) is 4.59. The van der Waals surface area contributed by atoms with E-state index in [0.29, 0.717) is 5.92 Å². The van der Waals surface area contributed by atoms with E-state index >= 15 is 0 Å². The molecule has 2 aromatic rings. The van der Waals surface area contributed by atoms with Crippen LogP contribution in [-0.4, -0.2) is 23.4 Å². The van der Waals surface area contributed by atoms with E-state index < -0.39 is 0 Å². The van der Waals surface area contributed by atoms with Gasteiger partial charge in [-0.2, -0.15) is 0 Å². The average molecular weight is 285 g/mol. The molecule has 0 amide bonds. The molecule has 3 heteroatoms. The summed E-state index contributed by atoms with van der Waals surface area (Å²) in [6.07, 6.45) is 0.796. The van der Waals surface area contributed by atoms with Gasteiger partial charge in [-0.05, 0) is 42.1 Å². The monoisotopic (exact) mass is 285 g/mol. The quantitative estimate of drug-likeness (QED) is 0.732. The number of aromatic hydroxyl groups is 1. The zero-order chi connectivity index (χ0) is 15.1. The Bertz CT molecular complexity index is 525. The van der Waals surface area contributed by atoms with Gasteiger partial charge in [-0.3, -0.25) is 0 Å². The van der Waals surface area contributed by atoms with Gasteiger partial charge < -0.3 is 15.5 Å². The van der Waals surface area contributed by atoms with Crippen molar-refractivity contribution in [3.05, 3.63) is 65.7 Å². The summed E-state index contributed by atoms with van der Waals surface area (Å²) in [4.78, 5) is 0. The number of aliphatic hydroxyl groups is 1. The lowest BCUT2D eigenvalue weighted by atomic mass is 9.97. The predicted octanol–water partition coefficient (Wildman–Crippen LogP) is 3.09. The summed E-state index contributed by atoms with van der Waals surface area (Å²) in [5.41, 5.74) is 2.31. The van der Waals surface area contributed by atoms with E-state index in [0.717, 1.165) is 18.5 Å². The Hall–Kier alpha value is -1.84. The minimum atomic E-state index is 0.0907. The molecule has 0 aliphatic rings. The Morgan fingerprint density at radius 3 is 2.19 bits per heavy atom. The molecular weight excluding hydrogens is 262 g/mol. The average Bonchev–Trinajstić information content (AvgIpc) is 2.50. The highest BCUT2D eigenvalue weighted by Crippen LogP contribution is 2.24. The van der Waals surface area contributed by atoms with Gasteiger partial charge in [0.25, 0.3) is 0 Å². The maximum atomic E-state index is 9.45. The number of rotatable bonds is 7. The summed E-state index contributed by atoms with van der Waals surface area (Å²) in [6, 6.07) is 17.7. The van der Waals surface area contributed by atoms with Crippen LogP contribution < -0.4 is 5.32 Å². The van der Waals surface area contributed by atoms with Gasteiger partial charge in [-0.25, -0.2) is 0 Å². The molecule has 2 unspecified atom stereocenters. The van der Waals surface area contributed by atoms with Crippen molar-refractivity contribution in [2.45, 2.75) is 19.4 Å². The van der Waals surface area contributed by atoms with E-state index in [-0.39, 0.29) is 18.4 Å². The van der Waals surface area contributed by atoms with Crippen LogP contribution in [0.25, 0.3) is 0 Å². The fourth-order valence-electron chi connectivity index (χ4n) is 2.38. The van der Waals surface area contributed by atoms with E-state index in [9.17, 15) is 5.11 Å². The van der Waals surface area contributed by atoms with Crippen LogP contribution in [-0.2, 0) is 0 Å². The van der Waals surface area contributed by atoms with Crippen LogP contribution in [0.15, 0.2) is 54.6 Å². The summed E-state index contributed by atoms with van der Waals surface area (Å²) < 4.78 is 0. The molecule has 0 saturated carbocycles. The molecule has 0 radical (unpaired) electrons. The third-order valence-corrected chi connectivity index (χ3v) is 3.65. The van der Waals surface area contributed by atoms with Gasteiger partial charge in [-0.1, -0.05) is 49.4 Å². The highest BCUT2D eigenvalue weighted by atomic mass is 16.3. The number of nitrogens with one attached hydrogen (secondary N) is 1. The van der Waals surface area contributed by atoms with Crippen molar-refractivity contribution >= 4 is 0 Å². The van der Waals surface area contributed by atoms with Crippen molar-refractivity contribution in [1.82, 2.24) is 5.32 Å². The second kappa shape index (κ2) is 7.81. The van der Waals surface area contributed by atoms with Gasteiger partial charge in [0, 0.05) is 6.61 Å². The Morgan fingerprint density at radius 2 is 1.57 bits per heavy atom. The first kappa shape index (κ1) is 15.5. The summed E-state index contributed by atoms with van der Waals surface area (Å²) in [6.45, 7) is 3.18.